The Kier molecular flexibility index (Phi) is 35.7. The van der Waals surface area contributed by atoms with Gasteiger partial charge < -0.3 is 54.4 Å². The van der Waals surface area contributed by atoms with Gasteiger partial charge in [0.2, 0.25) is 47.3 Å². The minimum Gasteiger partial charge on any atom is -0.390 e. The molecule has 0 unspecified atom stereocenters. The van der Waals surface area contributed by atoms with Crippen molar-refractivity contribution >= 4 is 64.6 Å². The second kappa shape index (κ2) is 39.7. The number of allylic oxidation sites excluding steroid dienone is 2. The number of rotatable bonds is 19. The van der Waals surface area contributed by atoms with Gasteiger partial charge in [-0.05, 0) is 87.4 Å². The lowest BCUT2D eigenvalue weighted by atomic mass is 9.83. The molecule has 0 aromatic rings. The second-order valence-corrected chi connectivity index (χ2v) is 29.9. The van der Waals surface area contributed by atoms with E-state index in [1.54, 1.807) is 61.8 Å². The van der Waals surface area contributed by atoms with Crippen molar-refractivity contribution in [1.29, 1.82) is 0 Å². The summed E-state index contributed by atoms with van der Waals surface area (Å²) < 4.78 is 5.33. The molecular formula is C72H128N10O13. The van der Waals surface area contributed by atoms with Gasteiger partial charge in [0.1, 0.15) is 42.0 Å². The number of methoxy groups -OCH3 is 1. The highest BCUT2D eigenvalue weighted by atomic mass is 16.5. The number of aliphatic hydroxyl groups is 1. The molecule has 2 heterocycles. The van der Waals surface area contributed by atoms with Crippen LogP contribution in [0.3, 0.4) is 0 Å². The summed E-state index contributed by atoms with van der Waals surface area (Å²) in [6.07, 6.45) is 2.29. The van der Waals surface area contributed by atoms with Crippen molar-refractivity contribution < 1.29 is 62.6 Å². The van der Waals surface area contributed by atoms with Crippen LogP contribution in [0.2, 0.25) is 0 Å². The Hall–Kier alpha value is -5.65. The summed E-state index contributed by atoms with van der Waals surface area (Å²) in [5.74, 6) is -11.2. The molecule has 8 amide bonds. The molecule has 14 atom stereocenters. The Labute approximate surface area is 571 Å². The number of hydrogen-bond acceptors (Lipinski definition) is 15. The maximum Gasteiger partial charge on any atom is 0.246 e. The standard InChI is InChI=1S/C72H128N10O13/c1-26-28-29-48(13)64(86)63-65(87)73-54(27-2)69(91)74(18)52(17)67(89)79(23)62(51(16)42-82-32-30-81(31-33-82)34-35-95-25)60(85)41-53(46(9)10)68(90)75(19)55(36-43(3)4)59(84)39-49(14)58(83)40-50(15)66(88)76(20)56(37-44(5)6)70(92)77(21)57(38-45(7)8)71(93)78(22)61(47(11)12)72(94)80(63)24/h26,28,43-57,61-64,86H,27,29-42H2,1-25H3,(H,73,87)/b28-26+/t48-,49-,50+,51-,52-,53+,54+,55+,56+,57+,61+,62+,63+,64-/m1/s1. The molecule has 0 aromatic heterocycles. The van der Waals surface area contributed by atoms with Crippen LogP contribution in [0.1, 0.15) is 169 Å². The molecule has 0 radical (unpaired) electrons. The van der Waals surface area contributed by atoms with Crippen LogP contribution in [0.4, 0.5) is 0 Å². The number of amides is 8. The second-order valence-electron chi connectivity index (χ2n) is 29.9. The molecule has 23 heteroatoms. The van der Waals surface area contributed by atoms with Crippen LogP contribution in [-0.2, 0) is 57.5 Å². The van der Waals surface area contributed by atoms with Gasteiger partial charge in [-0.2, -0.15) is 0 Å². The van der Waals surface area contributed by atoms with Crippen LogP contribution in [0.25, 0.3) is 0 Å². The van der Waals surface area contributed by atoms with Crippen molar-refractivity contribution in [3.8, 4) is 0 Å². The van der Waals surface area contributed by atoms with E-state index in [-0.39, 0.29) is 74.3 Å². The van der Waals surface area contributed by atoms with Crippen molar-refractivity contribution in [3.05, 3.63) is 12.2 Å². The fraction of sp³-hybridized carbons (Fsp3) is 0.819. The van der Waals surface area contributed by atoms with Gasteiger partial charge in [0.15, 0.2) is 11.6 Å². The molecular weight excluding hydrogens is 1210 g/mol. The smallest absolute Gasteiger partial charge is 0.246 e. The van der Waals surface area contributed by atoms with Crippen LogP contribution < -0.4 is 5.32 Å². The van der Waals surface area contributed by atoms with Gasteiger partial charge in [0.25, 0.3) is 0 Å². The molecule has 2 saturated heterocycles. The monoisotopic (exact) mass is 1340 g/mol. The normalized spacial score (nSPS) is 28.1. The van der Waals surface area contributed by atoms with E-state index in [1.807, 2.05) is 75.3 Å². The van der Waals surface area contributed by atoms with Crippen LogP contribution >= 0.6 is 0 Å². The summed E-state index contributed by atoms with van der Waals surface area (Å²) in [5.41, 5.74) is 0. The molecule has 2 N–H and O–H groups in total. The minimum absolute atomic E-state index is 0.0212. The molecule has 0 aromatic carbocycles. The van der Waals surface area contributed by atoms with Crippen molar-refractivity contribution in [2.24, 2.45) is 59.2 Å². The molecule has 544 valence electrons. The van der Waals surface area contributed by atoms with Gasteiger partial charge in [-0.3, -0.25) is 57.6 Å². The van der Waals surface area contributed by atoms with Crippen LogP contribution in [0.5, 0.6) is 0 Å². The highest BCUT2D eigenvalue weighted by Crippen LogP contribution is 2.30. The van der Waals surface area contributed by atoms with E-state index in [0.717, 1.165) is 24.5 Å². The van der Waals surface area contributed by atoms with E-state index in [9.17, 15) is 24.3 Å². The van der Waals surface area contributed by atoms with Crippen LogP contribution in [0.15, 0.2) is 12.2 Å². The number of piperazine rings is 1. The molecule has 2 aliphatic heterocycles. The Morgan fingerprint density at radius 3 is 1.45 bits per heavy atom. The van der Waals surface area contributed by atoms with Gasteiger partial charge in [-0.1, -0.05) is 116 Å². The SMILES string of the molecule is C/C=C/C[C@@H](C)[C@@H](O)[C@H]1C(=O)N[C@@H](CC)C(=O)N(C)[C@H](C)C(=O)N(C)[C@@H]([C@H](C)CN2CCN(CCOC)CC2)C(=O)C[C@@H](C(C)C)C(=O)N(C)[C@@H](CC(C)C)C(=O)C[C@@H](C)C(=O)C[C@H](C)C(=O)N(C)[C@@H](CC(C)C)C(=O)N(C)[C@@H](CC(C)C)C(=O)N(C)[C@@H](C(C)C)C(=O)N1C. The fourth-order valence-electron chi connectivity index (χ4n) is 13.5. The minimum atomic E-state index is -1.62. The third kappa shape index (κ3) is 23.8. The van der Waals surface area contributed by atoms with Gasteiger partial charge in [-0.25, -0.2) is 0 Å². The van der Waals surface area contributed by atoms with Crippen LogP contribution in [-0.4, -0.2) is 271 Å². The Balaban J connectivity index is 3.05. The summed E-state index contributed by atoms with van der Waals surface area (Å²) in [5, 5.41) is 15.1. The summed E-state index contributed by atoms with van der Waals surface area (Å²) in [6.45, 7) is 35.1. The van der Waals surface area contributed by atoms with Gasteiger partial charge in [0.05, 0.1) is 24.8 Å². The maximum atomic E-state index is 15.4. The third-order valence-electron chi connectivity index (χ3n) is 19.9. The zero-order valence-electron chi connectivity index (χ0n) is 63.1. The van der Waals surface area contributed by atoms with E-state index >= 15 is 33.6 Å². The summed E-state index contributed by atoms with van der Waals surface area (Å²) in [4.78, 5) is 178. The number of nitrogens with zero attached hydrogens (tertiary/aromatic N) is 9. The molecule has 0 bridgehead atoms. The Bertz CT molecular complexity index is 2590. The van der Waals surface area contributed by atoms with Crippen LogP contribution in [0, 0.1) is 59.2 Å². The van der Waals surface area contributed by atoms with E-state index in [0.29, 0.717) is 32.7 Å². The molecule has 2 rings (SSSR count). The molecule has 2 aliphatic rings. The quantitative estimate of drug-likeness (QED) is 0.145. The number of nitrogens with one attached hydrogen (secondary N) is 1. The average Bonchev–Trinajstić information content (AvgIpc) is 0.825. The zero-order valence-corrected chi connectivity index (χ0v) is 63.1. The first-order valence-electron chi connectivity index (χ1n) is 35.1. The van der Waals surface area contributed by atoms with E-state index < -0.39 is 149 Å². The molecule has 2 fully saturated rings. The largest absolute Gasteiger partial charge is 0.390 e. The molecule has 0 saturated carbocycles. The number of ether oxygens (including phenoxy) is 1. The van der Waals surface area contributed by atoms with Crippen molar-refractivity contribution in [2.45, 2.75) is 224 Å². The Morgan fingerprint density at radius 1 is 0.505 bits per heavy atom. The molecule has 0 spiro atoms. The fourth-order valence-corrected chi connectivity index (χ4v) is 13.5. The third-order valence-corrected chi connectivity index (χ3v) is 19.9. The first-order valence-corrected chi connectivity index (χ1v) is 35.1. The van der Waals surface area contributed by atoms with Crippen molar-refractivity contribution in [3.63, 3.8) is 0 Å². The Morgan fingerprint density at radius 2 is 0.968 bits per heavy atom. The van der Waals surface area contributed by atoms with Gasteiger partial charge in [-0.15, -0.1) is 0 Å². The predicted octanol–water partition coefficient (Wildman–Crippen LogP) is 5.78. The van der Waals surface area contributed by atoms with Gasteiger partial charge >= 0.3 is 0 Å². The predicted molar refractivity (Wildman–Crippen MR) is 371 cm³/mol. The first-order chi connectivity index (χ1) is 44.1. The molecule has 0 aliphatic carbocycles. The van der Waals surface area contributed by atoms with Crippen molar-refractivity contribution in [1.82, 2.24) is 49.4 Å². The average molecular weight is 1340 g/mol. The van der Waals surface area contributed by atoms with E-state index in [2.05, 4.69) is 15.1 Å². The number of hydrogen-bond donors (Lipinski definition) is 2. The number of carbonyl (C=O) groups is 11. The highest BCUT2D eigenvalue weighted by Gasteiger charge is 2.47. The first kappa shape index (κ1) is 85.4. The van der Waals surface area contributed by atoms with Gasteiger partial charge in [0, 0.05) is 133 Å². The number of aliphatic hydroxyl groups excluding tert-OH is 1. The molecule has 95 heavy (non-hydrogen) atoms. The number of likely N-dealkylation sites (N-methyl/N-ethyl adjacent to an activating group) is 7. The number of carbonyl (C=O) groups excluding carboxylic acids is 11. The van der Waals surface area contributed by atoms with Crippen molar-refractivity contribution in [2.75, 3.05) is 102 Å². The summed E-state index contributed by atoms with van der Waals surface area (Å²) in [7, 11) is 12.0. The van der Waals surface area contributed by atoms with E-state index in [4.69, 9.17) is 4.74 Å². The summed E-state index contributed by atoms with van der Waals surface area (Å²) >= 11 is 0. The zero-order chi connectivity index (χ0) is 73.0. The topological polar surface area (TPSA) is 258 Å². The maximum absolute atomic E-state index is 15.4. The molecule has 23 nitrogen and oxygen atoms in total. The lowest BCUT2D eigenvalue weighted by molar-refractivity contribution is -0.157. The highest BCUT2D eigenvalue weighted by molar-refractivity contribution is 6.00. The lowest BCUT2D eigenvalue weighted by Crippen LogP contribution is -2.63. The van der Waals surface area contributed by atoms with E-state index in [1.165, 1.54) is 78.6 Å². The number of ketones is 3. The summed E-state index contributed by atoms with van der Waals surface area (Å²) in [6, 6.07) is -9.67. The lowest BCUT2D eigenvalue weighted by Gasteiger charge is -2.41. The number of Topliss-reactive ketones (excluding diaryl/α,β-unsaturated/α-hetero) is 3.